The minimum Gasteiger partial charge on any atom is -0.385 e. The summed E-state index contributed by atoms with van der Waals surface area (Å²) in [6.07, 6.45) is 2.35. The van der Waals surface area contributed by atoms with E-state index >= 15 is 0 Å². The molecule has 0 aliphatic carbocycles. The topological polar surface area (TPSA) is 12.0 Å². The molecular weight excluding hydrogens is 170 g/mol. The predicted molar refractivity (Wildman–Crippen MR) is 62.0 cm³/mol. The SMILES string of the molecule is CCc1cccc2c1NCCC2(C)C. The van der Waals surface area contributed by atoms with Crippen LogP contribution in [0.2, 0.25) is 0 Å². The molecule has 1 aromatic rings. The van der Waals surface area contributed by atoms with Crippen molar-refractivity contribution in [3.05, 3.63) is 29.3 Å². The fourth-order valence-corrected chi connectivity index (χ4v) is 2.30. The summed E-state index contributed by atoms with van der Waals surface area (Å²) in [5.41, 5.74) is 4.68. The van der Waals surface area contributed by atoms with Gasteiger partial charge in [-0.25, -0.2) is 0 Å². The van der Waals surface area contributed by atoms with Gasteiger partial charge in [0, 0.05) is 12.2 Å². The Morgan fingerprint density at radius 1 is 1.36 bits per heavy atom. The third-order valence-corrected chi connectivity index (χ3v) is 3.31. The number of anilines is 1. The number of rotatable bonds is 1. The lowest BCUT2D eigenvalue weighted by Crippen LogP contribution is -2.28. The molecule has 14 heavy (non-hydrogen) atoms. The zero-order valence-electron chi connectivity index (χ0n) is 9.35. The van der Waals surface area contributed by atoms with Gasteiger partial charge in [-0.05, 0) is 29.4 Å². The predicted octanol–water partition coefficient (Wildman–Crippen LogP) is 3.34. The van der Waals surface area contributed by atoms with Crippen molar-refractivity contribution < 1.29 is 0 Å². The van der Waals surface area contributed by atoms with Crippen LogP contribution in [-0.2, 0) is 11.8 Å². The maximum Gasteiger partial charge on any atom is 0.0410 e. The van der Waals surface area contributed by atoms with Crippen LogP contribution in [0.1, 0.15) is 38.3 Å². The Bertz CT molecular complexity index is 339. The average molecular weight is 189 g/mol. The Morgan fingerprint density at radius 3 is 2.86 bits per heavy atom. The molecule has 0 saturated carbocycles. The molecule has 1 N–H and O–H groups in total. The van der Waals surface area contributed by atoms with Crippen molar-refractivity contribution in [1.82, 2.24) is 0 Å². The van der Waals surface area contributed by atoms with Crippen LogP contribution in [0.5, 0.6) is 0 Å². The van der Waals surface area contributed by atoms with Crippen molar-refractivity contribution in [2.24, 2.45) is 0 Å². The van der Waals surface area contributed by atoms with E-state index in [-0.39, 0.29) is 0 Å². The Balaban J connectivity index is 2.55. The minimum absolute atomic E-state index is 0.339. The normalized spacial score (nSPS) is 18.5. The highest BCUT2D eigenvalue weighted by atomic mass is 14.9. The lowest BCUT2D eigenvalue weighted by atomic mass is 9.77. The number of fused-ring (bicyclic) bond motifs is 1. The number of hydrogen-bond acceptors (Lipinski definition) is 1. The summed E-state index contributed by atoms with van der Waals surface area (Å²) < 4.78 is 0. The minimum atomic E-state index is 0.339. The number of benzene rings is 1. The molecule has 0 aromatic heterocycles. The molecule has 0 fully saturated rings. The van der Waals surface area contributed by atoms with E-state index in [1.54, 1.807) is 0 Å². The molecule has 1 nitrogen and oxygen atoms in total. The number of para-hydroxylation sites is 1. The highest BCUT2D eigenvalue weighted by Gasteiger charge is 2.27. The quantitative estimate of drug-likeness (QED) is 0.714. The van der Waals surface area contributed by atoms with Gasteiger partial charge in [-0.3, -0.25) is 0 Å². The van der Waals surface area contributed by atoms with E-state index in [1.807, 2.05) is 0 Å². The van der Waals surface area contributed by atoms with Crippen LogP contribution in [0.25, 0.3) is 0 Å². The monoisotopic (exact) mass is 189 g/mol. The van der Waals surface area contributed by atoms with Crippen LogP contribution < -0.4 is 5.32 Å². The van der Waals surface area contributed by atoms with E-state index in [9.17, 15) is 0 Å². The van der Waals surface area contributed by atoms with Crippen molar-refractivity contribution in [2.45, 2.75) is 39.0 Å². The molecule has 0 saturated heterocycles. The van der Waals surface area contributed by atoms with Crippen LogP contribution in [-0.4, -0.2) is 6.54 Å². The zero-order valence-corrected chi connectivity index (χ0v) is 9.35. The maximum atomic E-state index is 3.54. The first-order chi connectivity index (χ1) is 6.65. The average Bonchev–Trinajstić information content (AvgIpc) is 2.17. The van der Waals surface area contributed by atoms with Crippen molar-refractivity contribution in [1.29, 1.82) is 0 Å². The smallest absolute Gasteiger partial charge is 0.0410 e. The van der Waals surface area contributed by atoms with Gasteiger partial charge in [-0.1, -0.05) is 39.0 Å². The molecule has 2 rings (SSSR count). The highest BCUT2D eigenvalue weighted by molar-refractivity contribution is 5.61. The van der Waals surface area contributed by atoms with Crippen LogP contribution in [0.3, 0.4) is 0 Å². The van der Waals surface area contributed by atoms with Gasteiger partial charge in [-0.2, -0.15) is 0 Å². The summed E-state index contributed by atoms with van der Waals surface area (Å²) in [7, 11) is 0. The van der Waals surface area contributed by atoms with Gasteiger partial charge in [0.1, 0.15) is 0 Å². The summed E-state index contributed by atoms with van der Waals surface area (Å²) in [4.78, 5) is 0. The van der Waals surface area contributed by atoms with Gasteiger partial charge in [0.25, 0.3) is 0 Å². The van der Waals surface area contributed by atoms with E-state index in [0.717, 1.165) is 13.0 Å². The molecule has 1 aromatic carbocycles. The molecule has 0 atom stereocenters. The Labute approximate surface area is 86.5 Å². The summed E-state index contributed by atoms with van der Waals surface area (Å²) in [6.45, 7) is 8.01. The highest BCUT2D eigenvalue weighted by Crippen LogP contribution is 2.38. The molecule has 1 aliphatic heterocycles. The summed E-state index contributed by atoms with van der Waals surface area (Å²) in [6, 6.07) is 6.68. The third-order valence-electron chi connectivity index (χ3n) is 3.31. The standard InChI is InChI=1S/C13H19N/c1-4-10-6-5-7-11-12(10)14-9-8-13(11,2)3/h5-7,14H,4,8-9H2,1-3H3. The van der Waals surface area contributed by atoms with Crippen LogP contribution in [0, 0.1) is 0 Å². The molecule has 0 radical (unpaired) electrons. The Hall–Kier alpha value is -0.980. The Kier molecular flexibility index (Phi) is 2.26. The van der Waals surface area contributed by atoms with Crippen LogP contribution in [0.15, 0.2) is 18.2 Å². The molecule has 0 bridgehead atoms. The van der Waals surface area contributed by atoms with E-state index in [0.29, 0.717) is 5.41 Å². The summed E-state index contributed by atoms with van der Waals surface area (Å²) in [5.74, 6) is 0. The molecule has 0 unspecified atom stereocenters. The van der Waals surface area contributed by atoms with E-state index in [4.69, 9.17) is 0 Å². The first kappa shape index (κ1) is 9.57. The van der Waals surface area contributed by atoms with Crippen LogP contribution in [0.4, 0.5) is 5.69 Å². The first-order valence-corrected chi connectivity index (χ1v) is 5.51. The zero-order chi connectivity index (χ0) is 10.2. The second-order valence-corrected chi connectivity index (χ2v) is 4.75. The van der Waals surface area contributed by atoms with Gasteiger partial charge in [-0.15, -0.1) is 0 Å². The van der Waals surface area contributed by atoms with Gasteiger partial charge in [0.15, 0.2) is 0 Å². The van der Waals surface area contributed by atoms with Gasteiger partial charge >= 0.3 is 0 Å². The molecule has 1 heterocycles. The lowest BCUT2D eigenvalue weighted by Gasteiger charge is -2.34. The van der Waals surface area contributed by atoms with Crippen molar-refractivity contribution >= 4 is 5.69 Å². The Morgan fingerprint density at radius 2 is 2.14 bits per heavy atom. The summed E-state index contributed by atoms with van der Waals surface area (Å²) >= 11 is 0. The molecule has 1 heteroatoms. The van der Waals surface area contributed by atoms with Gasteiger partial charge in [0.2, 0.25) is 0 Å². The van der Waals surface area contributed by atoms with Crippen LogP contribution >= 0.6 is 0 Å². The molecule has 1 aliphatic rings. The maximum absolute atomic E-state index is 3.54. The van der Waals surface area contributed by atoms with Gasteiger partial charge < -0.3 is 5.32 Å². The second kappa shape index (κ2) is 3.30. The first-order valence-electron chi connectivity index (χ1n) is 5.51. The lowest BCUT2D eigenvalue weighted by molar-refractivity contribution is 0.481. The van der Waals surface area contributed by atoms with Crippen molar-refractivity contribution in [2.75, 3.05) is 11.9 Å². The number of hydrogen-bond donors (Lipinski definition) is 1. The molecule has 0 spiro atoms. The largest absolute Gasteiger partial charge is 0.385 e. The van der Waals surface area contributed by atoms with Gasteiger partial charge in [0.05, 0.1) is 0 Å². The third kappa shape index (κ3) is 1.41. The van der Waals surface area contributed by atoms with E-state index in [1.165, 1.54) is 23.2 Å². The number of nitrogens with one attached hydrogen (secondary N) is 1. The fraction of sp³-hybridized carbons (Fsp3) is 0.538. The van der Waals surface area contributed by atoms with E-state index < -0.39 is 0 Å². The number of aryl methyl sites for hydroxylation is 1. The van der Waals surface area contributed by atoms with Crippen molar-refractivity contribution in [3.63, 3.8) is 0 Å². The molecular formula is C13H19N. The van der Waals surface area contributed by atoms with E-state index in [2.05, 4.69) is 44.3 Å². The second-order valence-electron chi connectivity index (χ2n) is 4.75. The van der Waals surface area contributed by atoms with Crippen molar-refractivity contribution in [3.8, 4) is 0 Å². The molecule has 76 valence electrons. The molecule has 0 amide bonds. The summed E-state index contributed by atoms with van der Waals surface area (Å²) in [5, 5.41) is 3.54. The fourth-order valence-electron chi connectivity index (χ4n) is 2.30.